The Hall–Kier alpha value is -3.20. The molecule has 1 saturated heterocycles. The lowest BCUT2D eigenvalue weighted by Crippen LogP contribution is -2.66. The van der Waals surface area contributed by atoms with E-state index in [0.717, 1.165) is 10.5 Å². The molecule has 174 valence electrons. The molecule has 0 bridgehead atoms. The van der Waals surface area contributed by atoms with Gasteiger partial charge in [0.2, 0.25) is 11.8 Å². The number of halogens is 3. The Morgan fingerprint density at radius 2 is 1.91 bits per heavy atom. The number of carboxylic acid groups (broad SMARTS) is 1. The first-order valence-corrected chi connectivity index (χ1v) is 10.7. The number of likely N-dealkylation sites (tertiary alicyclic amines) is 1. The van der Waals surface area contributed by atoms with Gasteiger partial charge in [-0.25, -0.2) is 4.79 Å². The highest BCUT2D eigenvalue weighted by Crippen LogP contribution is 2.43. The van der Waals surface area contributed by atoms with Crippen LogP contribution < -0.4 is 9.47 Å². The summed E-state index contributed by atoms with van der Waals surface area (Å²) < 4.78 is 35.2. The van der Waals surface area contributed by atoms with Crippen molar-refractivity contribution in [2.45, 2.75) is 44.4 Å². The number of β-lactam (4-membered cyclic amide) rings is 1. The fraction of sp³-hybridized carbons (Fsp3) is 0.348. The number of hydrogen-bond donors (Lipinski definition) is 1. The molecule has 0 spiro atoms. The molecule has 0 aromatic heterocycles. The van der Waals surface area contributed by atoms with E-state index in [2.05, 4.69) is 9.47 Å². The molecule has 2 aliphatic heterocycles. The monoisotopic (exact) mass is 479 g/mol. The Morgan fingerprint density at radius 3 is 2.61 bits per heavy atom. The van der Waals surface area contributed by atoms with Gasteiger partial charge in [0, 0.05) is 11.4 Å². The normalized spacial score (nSPS) is 21.5. The molecule has 2 heterocycles. The average molecular weight is 480 g/mol. The minimum absolute atomic E-state index is 0.117. The lowest BCUT2D eigenvalue weighted by Gasteiger charge is -2.43. The van der Waals surface area contributed by atoms with Gasteiger partial charge in [0.05, 0.1) is 5.92 Å². The van der Waals surface area contributed by atoms with Crippen LogP contribution in [0, 0.1) is 5.92 Å². The first kappa shape index (κ1) is 23.0. The van der Waals surface area contributed by atoms with Crippen LogP contribution in [0.25, 0.3) is 0 Å². The summed E-state index contributed by atoms with van der Waals surface area (Å²) in [5, 5.41) is 10.2. The molecular weight excluding hydrogens is 460 g/mol. The third kappa shape index (κ3) is 4.64. The van der Waals surface area contributed by atoms with E-state index in [4.69, 9.17) is 11.6 Å². The molecule has 2 aromatic carbocycles. The lowest BCUT2D eigenvalue weighted by atomic mass is 9.81. The van der Waals surface area contributed by atoms with Crippen LogP contribution in [-0.2, 0) is 20.8 Å². The van der Waals surface area contributed by atoms with Gasteiger partial charge in [-0.1, -0.05) is 36.7 Å². The minimum Gasteiger partial charge on any atom is -0.480 e. The van der Waals surface area contributed by atoms with Crippen LogP contribution in [0.5, 0.6) is 11.5 Å². The standard InChI is InChI=1S/C23H20ClF2NO6/c1-12(14-6-8-17-18(11-14)33-23(25,26)32-17)9-19(28)27-20(22(30)31)16(21(27)29)7-5-13-3-2-4-15(24)10-13/h2-4,6,8,10-12,16,20H,5,7,9H2,1H3,(H,30,31)/t12-,16+,20-/m0/s1. The molecule has 0 unspecified atom stereocenters. The predicted octanol–water partition coefficient (Wildman–Crippen LogP) is 4.23. The van der Waals surface area contributed by atoms with Gasteiger partial charge in [0.25, 0.3) is 0 Å². The molecule has 0 saturated carbocycles. The molecule has 10 heteroatoms. The van der Waals surface area contributed by atoms with E-state index in [1.54, 1.807) is 25.1 Å². The summed E-state index contributed by atoms with van der Waals surface area (Å²) in [6.45, 7) is 1.67. The van der Waals surface area contributed by atoms with Gasteiger partial charge in [0.1, 0.15) is 6.04 Å². The highest BCUT2D eigenvalue weighted by atomic mass is 35.5. The maximum absolute atomic E-state index is 13.2. The van der Waals surface area contributed by atoms with Crippen molar-refractivity contribution >= 4 is 29.4 Å². The minimum atomic E-state index is -3.75. The number of alkyl halides is 2. The Labute approximate surface area is 192 Å². The van der Waals surface area contributed by atoms with Crippen LogP contribution in [0.15, 0.2) is 42.5 Å². The molecule has 2 aromatic rings. The zero-order valence-corrected chi connectivity index (χ0v) is 18.2. The zero-order chi connectivity index (χ0) is 23.9. The Bertz CT molecular complexity index is 1120. The Morgan fingerprint density at radius 1 is 1.18 bits per heavy atom. The highest BCUT2D eigenvalue weighted by Gasteiger charge is 2.54. The lowest BCUT2D eigenvalue weighted by molar-refractivity contribution is -0.286. The van der Waals surface area contributed by atoms with Gasteiger partial charge in [-0.15, -0.1) is 8.78 Å². The highest BCUT2D eigenvalue weighted by molar-refractivity contribution is 6.30. The third-order valence-electron chi connectivity index (χ3n) is 5.84. The molecule has 0 aliphatic carbocycles. The molecule has 1 N–H and O–H groups in total. The molecule has 4 rings (SSSR count). The topological polar surface area (TPSA) is 93.1 Å². The SMILES string of the molecule is C[C@@H](CC(=O)N1C(=O)[C@H](CCc2cccc(Cl)c2)[C@H]1C(=O)O)c1ccc2c(c1)OC(F)(F)O2. The summed E-state index contributed by atoms with van der Waals surface area (Å²) in [6.07, 6.45) is -3.21. The van der Waals surface area contributed by atoms with Crippen molar-refractivity contribution in [3.05, 3.63) is 58.6 Å². The number of carbonyl (C=O) groups is 3. The van der Waals surface area contributed by atoms with Crippen molar-refractivity contribution < 1.29 is 37.7 Å². The van der Waals surface area contributed by atoms with E-state index in [0.29, 0.717) is 17.0 Å². The molecule has 2 amide bonds. The van der Waals surface area contributed by atoms with E-state index in [1.807, 2.05) is 6.07 Å². The van der Waals surface area contributed by atoms with Crippen LogP contribution in [0.4, 0.5) is 8.78 Å². The summed E-state index contributed by atoms with van der Waals surface area (Å²) in [7, 11) is 0. The van der Waals surface area contributed by atoms with Gasteiger partial charge in [-0.05, 0) is 54.2 Å². The second-order valence-electron chi connectivity index (χ2n) is 8.14. The van der Waals surface area contributed by atoms with Gasteiger partial charge in [-0.3, -0.25) is 14.5 Å². The number of benzene rings is 2. The maximum Gasteiger partial charge on any atom is 0.586 e. The number of carboxylic acids is 1. The number of hydrogen-bond acceptors (Lipinski definition) is 5. The summed E-state index contributed by atoms with van der Waals surface area (Å²) in [6, 6.07) is 9.98. The smallest absolute Gasteiger partial charge is 0.480 e. The van der Waals surface area contributed by atoms with Gasteiger partial charge < -0.3 is 14.6 Å². The van der Waals surface area contributed by atoms with E-state index >= 15 is 0 Å². The second-order valence-corrected chi connectivity index (χ2v) is 8.58. The molecule has 2 aliphatic rings. The number of imide groups is 1. The first-order chi connectivity index (χ1) is 15.6. The number of ether oxygens (including phenoxy) is 2. The second kappa shape index (κ2) is 8.62. The number of carbonyl (C=O) groups excluding carboxylic acids is 2. The van der Waals surface area contributed by atoms with Crippen LogP contribution in [0.3, 0.4) is 0 Å². The Kier molecular flexibility index (Phi) is 6.00. The van der Waals surface area contributed by atoms with Crippen molar-refractivity contribution in [1.29, 1.82) is 0 Å². The fourth-order valence-corrected chi connectivity index (χ4v) is 4.37. The largest absolute Gasteiger partial charge is 0.586 e. The van der Waals surface area contributed by atoms with E-state index in [-0.39, 0.29) is 24.3 Å². The molecule has 7 nitrogen and oxygen atoms in total. The molecule has 1 fully saturated rings. The van der Waals surface area contributed by atoms with Crippen molar-refractivity contribution in [2.24, 2.45) is 5.92 Å². The van der Waals surface area contributed by atoms with Gasteiger partial charge >= 0.3 is 12.3 Å². The maximum atomic E-state index is 13.2. The van der Waals surface area contributed by atoms with E-state index < -0.39 is 42.0 Å². The van der Waals surface area contributed by atoms with E-state index in [1.165, 1.54) is 18.2 Å². The number of rotatable bonds is 7. The van der Waals surface area contributed by atoms with Crippen LogP contribution in [-0.4, -0.2) is 40.1 Å². The molecule has 3 atom stereocenters. The molecular formula is C23H20ClF2NO6. The van der Waals surface area contributed by atoms with Gasteiger partial charge in [-0.2, -0.15) is 0 Å². The van der Waals surface area contributed by atoms with Crippen molar-refractivity contribution in [1.82, 2.24) is 4.90 Å². The van der Waals surface area contributed by atoms with Crippen LogP contribution in [0.2, 0.25) is 5.02 Å². The van der Waals surface area contributed by atoms with Gasteiger partial charge in [0.15, 0.2) is 11.5 Å². The number of aryl methyl sites for hydroxylation is 1. The fourth-order valence-electron chi connectivity index (χ4n) is 4.16. The van der Waals surface area contributed by atoms with Crippen molar-refractivity contribution in [3.63, 3.8) is 0 Å². The first-order valence-electron chi connectivity index (χ1n) is 10.3. The number of fused-ring (bicyclic) bond motifs is 1. The average Bonchev–Trinajstić information content (AvgIpc) is 3.04. The number of nitrogens with zero attached hydrogens (tertiary/aromatic N) is 1. The van der Waals surface area contributed by atoms with Crippen LogP contribution >= 0.6 is 11.6 Å². The quantitative estimate of drug-likeness (QED) is 0.597. The van der Waals surface area contributed by atoms with E-state index in [9.17, 15) is 28.3 Å². The summed E-state index contributed by atoms with van der Waals surface area (Å²) in [5.41, 5.74) is 1.38. The summed E-state index contributed by atoms with van der Waals surface area (Å²) in [5.74, 6) is -3.98. The molecule has 0 radical (unpaired) electrons. The third-order valence-corrected chi connectivity index (χ3v) is 6.08. The number of amides is 2. The summed E-state index contributed by atoms with van der Waals surface area (Å²) in [4.78, 5) is 38.0. The Balaban J connectivity index is 1.40. The van der Waals surface area contributed by atoms with Crippen molar-refractivity contribution in [3.8, 4) is 11.5 Å². The predicted molar refractivity (Wildman–Crippen MR) is 112 cm³/mol. The zero-order valence-electron chi connectivity index (χ0n) is 17.5. The summed E-state index contributed by atoms with van der Waals surface area (Å²) >= 11 is 5.96. The van der Waals surface area contributed by atoms with Crippen LogP contribution in [0.1, 0.15) is 36.8 Å². The molecule has 33 heavy (non-hydrogen) atoms. The van der Waals surface area contributed by atoms with Crippen molar-refractivity contribution in [2.75, 3.05) is 0 Å². The number of aliphatic carboxylic acids is 1.